The van der Waals surface area contributed by atoms with E-state index in [0.717, 1.165) is 22.5 Å². The predicted octanol–water partition coefficient (Wildman–Crippen LogP) is 2.72. The number of ether oxygens (including phenoxy) is 2. The highest BCUT2D eigenvalue weighted by Crippen LogP contribution is 2.23. The quantitative estimate of drug-likeness (QED) is 0.384. The molecule has 4 aromatic heterocycles. The molecule has 0 fully saturated rings. The first kappa shape index (κ1) is 22.9. The summed E-state index contributed by atoms with van der Waals surface area (Å²) in [7, 11) is 3.38. The Morgan fingerprint density at radius 1 is 1.03 bits per heavy atom. The monoisotopic (exact) mass is 450 g/mol. The normalized spacial score (nSPS) is 12.7. The minimum Gasteiger partial charge on any atom is -0.441 e. The van der Waals surface area contributed by atoms with Gasteiger partial charge in [-0.05, 0) is 24.3 Å². The summed E-state index contributed by atoms with van der Waals surface area (Å²) < 4.78 is 18.4. The number of methoxy groups -OCH3 is 2. The van der Waals surface area contributed by atoms with Crippen LogP contribution in [0.2, 0.25) is 0 Å². The van der Waals surface area contributed by atoms with Crippen LogP contribution in [0.3, 0.4) is 0 Å². The highest BCUT2D eigenvalue weighted by atomic mass is 16.5. The van der Waals surface area contributed by atoms with Gasteiger partial charge in [0.15, 0.2) is 11.5 Å². The number of hydrogen-bond acceptors (Lipinski definition) is 8. The van der Waals surface area contributed by atoms with Gasteiger partial charge in [-0.25, -0.2) is 0 Å². The van der Waals surface area contributed by atoms with Crippen LogP contribution in [0, 0.1) is 0 Å². The number of nitrogens with zero attached hydrogens (tertiary/aromatic N) is 6. The van der Waals surface area contributed by atoms with Crippen molar-refractivity contribution in [3.8, 4) is 11.5 Å². The molecular formula is C24H30N6O3. The van der Waals surface area contributed by atoms with Gasteiger partial charge in [-0.2, -0.15) is 9.61 Å². The predicted molar refractivity (Wildman–Crippen MR) is 126 cm³/mol. The number of aromatic nitrogens is 5. The van der Waals surface area contributed by atoms with Crippen LogP contribution < -0.4 is 10.1 Å². The molecule has 4 aromatic rings. The van der Waals surface area contributed by atoms with Crippen molar-refractivity contribution in [2.75, 3.05) is 45.4 Å². The van der Waals surface area contributed by atoms with E-state index in [0.29, 0.717) is 43.5 Å². The molecule has 0 atom stereocenters. The second-order valence-corrected chi connectivity index (χ2v) is 8.78. The van der Waals surface area contributed by atoms with Crippen LogP contribution in [0.1, 0.15) is 32.2 Å². The zero-order valence-corrected chi connectivity index (χ0v) is 19.8. The van der Waals surface area contributed by atoms with Crippen LogP contribution in [-0.4, -0.2) is 65.3 Å². The molecule has 0 radical (unpaired) electrons. The van der Waals surface area contributed by atoms with E-state index in [1.807, 2.05) is 36.4 Å². The fourth-order valence-corrected chi connectivity index (χ4v) is 3.61. The van der Waals surface area contributed by atoms with Gasteiger partial charge in [-0.3, -0.25) is 4.98 Å². The van der Waals surface area contributed by atoms with Gasteiger partial charge in [0.1, 0.15) is 11.5 Å². The van der Waals surface area contributed by atoms with Gasteiger partial charge in [0, 0.05) is 50.2 Å². The number of fused-ring (bicyclic) bond motifs is 1. The number of pyridine rings is 1. The third-order valence-corrected chi connectivity index (χ3v) is 5.28. The van der Waals surface area contributed by atoms with E-state index >= 15 is 0 Å². The first-order valence-corrected chi connectivity index (χ1v) is 10.9. The third-order valence-electron chi connectivity index (χ3n) is 5.28. The maximum atomic E-state index is 6.18. The van der Waals surface area contributed by atoms with Gasteiger partial charge >= 0.3 is 0 Å². The molecule has 0 bridgehead atoms. The lowest BCUT2D eigenvalue weighted by Crippen LogP contribution is -2.30. The van der Waals surface area contributed by atoms with Crippen molar-refractivity contribution in [2.45, 2.75) is 26.2 Å². The van der Waals surface area contributed by atoms with E-state index in [-0.39, 0.29) is 5.41 Å². The Kier molecular flexibility index (Phi) is 6.71. The summed E-state index contributed by atoms with van der Waals surface area (Å²) >= 11 is 0. The number of hydrogen-bond donors (Lipinski definition) is 0. The lowest BCUT2D eigenvalue weighted by molar-refractivity contribution is 0.188. The van der Waals surface area contributed by atoms with Crippen molar-refractivity contribution in [1.82, 2.24) is 24.8 Å². The molecule has 0 N–H and O–H groups in total. The molecule has 0 amide bonds. The second-order valence-electron chi connectivity index (χ2n) is 8.78. The summed E-state index contributed by atoms with van der Waals surface area (Å²) in [5, 5.41) is 14.6. The number of anilines is 1. The summed E-state index contributed by atoms with van der Waals surface area (Å²) in [4.78, 5) is 6.51. The molecule has 0 saturated carbocycles. The first-order chi connectivity index (χ1) is 15.9. The number of rotatable bonds is 9. The highest BCUT2D eigenvalue weighted by Gasteiger charge is 2.24. The summed E-state index contributed by atoms with van der Waals surface area (Å²) in [6.07, 6.45) is 3.72. The molecule has 0 aliphatic rings. The van der Waals surface area contributed by atoms with Crippen molar-refractivity contribution in [2.24, 2.45) is 0 Å². The van der Waals surface area contributed by atoms with Crippen molar-refractivity contribution < 1.29 is 13.9 Å². The van der Waals surface area contributed by atoms with Crippen LogP contribution in [0.25, 0.3) is 23.2 Å². The van der Waals surface area contributed by atoms with Gasteiger partial charge in [0.2, 0.25) is 5.82 Å². The molecule has 4 heterocycles. The minimum absolute atomic E-state index is 0.202. The van der Waals surface area contributed by atoms with E-state index in [9.17, 15) is 0 Å². The Morgan fingerprint density at radius 3 is 2.42 bits per heavy atom. The Bertz CT molecular complexity index is 1230. The average Bonchev–Trinajstić information content (AvgIpc) is 3.51. The topological polar surface area (TPSA) is 90.8 Å². The second kappa shape index (κ2) is 9.68. The Morgan fingerprint density at radius 2 is 1.79 bits per heavy atom. The van der Waals surface area contributed by atoms with Crippen molar-refractivity contribution in [3.63, 3.8) is 0 Å². The Hall–Kier alpha value is -3.30. The van der Waals surface area contributed by atoms with Crippen LogP contribution in [0.15, 0.2) is 40.9 Å². The zero-order chi connectivity index (χ0) is 23.4. The third kappa shape index (κ3) is 4.89. The van der Waals surface area contributed by atoms with Crippen LogP contribution in [0.5, 0.6) is 0 Å². The van der Waals surface area contributed by atoms with Gasteiger partial charge in [-0.1, -0.05) is 26.8 Å². The van der Waals surface area contributed by atoms with Crippen LogP contribution in [0.4, 0.5) is 5.88 Å². The number of furan rings is 1. The average molecular weight is 451 g/mol. The van der Waals surface area contributed by atoms with Crippen molar-refractivity contribution in [1.29, 1.82) is 0 Å². The largest absolute Gasteiger partial charge is 0.441 e. The standard InChI is InChI=1S/C24H30N6O3/c1-24(2,3)21-18(22-26-27-23(30(22)28-21)19-8-6-7-11-25-19)16-17-9-10-20(33-17)29(12-14-31-4)13-15-32-5/h6-11,16H,12-15H2,1-5H3/b18-16+. The molecule has 4 rings (SSSR count). The molecule has 33 heavy (non-hydrogen) atoms. The van der Waals surface area contributed by atoms with Crippen molar-refractivity contribution >= 4 is 17.6 Å². The molecule has 0 saturated heterocycles. The fourth-order valence-electron chi connectivity index (χ4n) is 3.61. The summed E-state index contributed by atoms with van der Waals surface area (Å²) in [6, 6.07) is 9.61. The smallest absolute Gasteiger partial charge is 0.203 e. The SMILES string of the molecule is COCCN(CCOC)c1ccc(/C=c2\c(C(C)(C)C)nn3c(-c4ccccn4)nnc23)o1. The summed E-state index contributed by atoms with van der Waals surface area (Å²) in [5.41, 5.74) is 2.11. The molecule has 0 aliphatic heterocycles. The molecular weight excluding hydrogens is 420 g/mol. The Balaban J connectivity index is 1.78. The molecule has 0 spiro atoms. The van der Waals surface area contributed by atoms with E-state index in [4.69, 9.17) is 19.0 Å². The van der Waals surface area contributed by atoms with Gasteiger partial charge in [0.25, 0.3) is 0 Å². The van der Waals surface area contributed by atoms with Gasteiger partial charge in [0.05, 0.1) is 18.9 Å². The summed E-state index contributed by atoms with van der Waals surface area (Å²) in [5.74, 6) is 2.09. The molecule has 0 aromatic carbocycles. The van der Waals surface area contributed by atoms with Crippen molar-refractivity contribution in [3.05, 3.63) is 53.2 Å². The molecule has 9 heteroatoms. The molecule has 0 aliphatic carbocycles. The molecule has 0 unspecified atom stereocenters. The zero-order valence-electron chi connectivity index (χ0n) is 19.8. The molecule has 174 valence electrons. The highest BCUT2D eigenvalue weighted by molar-refractivity contribution is 5.61. The fraction of sp³-hybridized carbons (Fsp3) is 0.417. The lowest BCUT2D eigenvalue weighted by Gasteiger charge is -2.20. The van der Waals surface area contributed by atoms with Gasteiger partial charge in [-0.15, -0.1) is 10.2 Å². The maximum Gasteiger partial charge on any atom is 0.203 e. The molecule has 9 nitrogen and oxygen atoms in total. The lowest BCUT2D eigenvalue weighted by atomic mass is 9.91. The van der Waals surface area contributed by atoms with E-state index < -0.39 is 0 Å². The minimum atomic E-state index is -0.202. The van der Waals surface area contributed by atoms with Crippen LogP contribution in [-0.2, 0) is 14.9 Å². The van der Waals surface area contributed by atoms with E-state index in [1.165, 1.54) is 0 Å². The van der Waals surface area contributed by atoms with Gasteiger partial charge < -0.3 is 18.8 Å². The van der Waals surface area contributed by atoms with Crippen LogP contribution >= 0.6 is 0 Å². The summed E-state index contributed by atoms with van der Waals surface area (Å²) in [6.45, 7) is 9.00. The Labute approximate surface area is 193 Å². The maximum absolute atomic E-state index is 6.18. The van der Waals surface area contributed by atoms with E-state index in [2.05, 4.69) is 40.9 Å². The first-order valence-electron chi connectivity index (χ1n) is 10.9. The van der Waals surface area contributed by atoms with E-state index in [1.54, 1.807) is 24.9 Å².